The number of halogens is 1. The SMILES string of the molecule is CC(C)(C)c1ccc2c(-c3ccccc3C(=O)O)c3ccc4cc(=O)c(Cl)cc4c3oc2c1. The number of carboxylic acids is 1. The fraction of sp³-hybridized carbons (Fsp3) is 0.143. The summed E-state index contributed by atoms with van der Waals surface area (Å²) in [6, 6.07) is 19.8. The Morgan fingerprint density at radius 2 is 1.64 bits per heavy atom. The Kier molecular flexibility index (Phi) is 4.80. The first-order valence-electron chi connectivity index (χ1n) is 10.6. The number of carbonyl (C=O) groups is 1. The van der Waals surface area contributed by atoms with Crippen molar-refractivity contribution >= 4 is 50.3 Å². The molecule has 0 fully saturated rings. The van der Waals surface area contributed by atoms with Crippen molar-refractivity contribution in [1.82, 2.24) is 0 Å². The highest BCUT2D eigenvalue weighted by Gasteiger charge is 2.21. The van der Waals surface area contributed by atoms with E-state index in [9.17, 15) is 14.7 Å². The Balaban J connectivity index is 2.02. The molecule has 0 atom stereocenters. The first-order valence-corrected chi connectivity index (χ1v) is 11.0. The maximum Gasteiger partial charge on any atom is 0.336 e. The van der Waals surface area contributed by atoms with Gasteiger partial charge in [-0.15, -0.1) is 0 Å². The number of fused-ring (bicyclic) bond motifs is 4. The number of hydrogen-bond acceptors (Lipinski definition) is 3. The van der Waals surface area contributed by atoms with Crippen molar-refractivity contribution in [3.05, 3.63) is 93.1 Å². The van der Waals surface area contributed by atoms with Gasteiger partial charge >= 0.3 is 5.97 Å². The van der Waals surface area contributed by atoms with Gasteiger partial charge in [0.2, 0.25) is 0 Å². The molecule has 33 heavy (non-hydrogen) atoms. The van der Waals surface area contributed by atoms with E-state index in [0.717, 1.165) is 21.9 Å². The average Bonchev–Trinajstić information content (AvgIpc) is 2.77. The Bertz CT molecular complexity index is 1660. The van der Waals surface area contributed by atoms with Crippen molar-refractivity contribution in [3.63, 3.8) is 0 Å². The number of aromatic carboxylic acids is 1. The molecule has 4 nitrogen and oxygen atoms in total. The lowest BCUT2D eigenvalue weighted by atomic mass is 9.85. The van der Waals surface area contributed by atoms with Crippen LogP contribution in [0.25, 0.3) is 43.8 Å². The topological polar surface area (TPSA) is 67.5 Å². The number of rotatable bonds is 2. The third-order valence-electron chi connectivity index (χ3n) is 6.05. The Labute approximate surface area is 195 Å². The van der Waals surface area contributed by atoms with Gasteiger partial charge in [0.05, 0.1) is 10.6 Å². The van der Waals surface area contributed by atoms with Gasteiger partial charge < -0.3 is 9.52 Å². The third-order valence-corrected chi connectivity index (χ3v) is 6.34. The van der Waals surface area contributed by atoms with E-state index in [1.165, 1.54) is 6.07 Å². The summed E-state index contributed by atoms with van der Waals surface area (Å²) in [6.45, 7) is 6.38. The molecular formula is C28H21ClO4. The highest BCUT2D eigenvalue weighted by atomic mass is 35.5. The highest BCUT2D eigenvalue weighted by Crippen LogP contribution is 2.41. The molecule has 0 radical (unpaired) electrons. The standard InChI is InChI=1S/C28H21ClO4/c1-28(2,3)16-9-11-19-24(13-16)33-26-20(10-8-15-12-23(30)22(29)14-21(15)26)25(19)17-6-4-5-7-18(17)27(31)32/h4-14H,1-3H3,(H,31,32). The molecule has 4 aromatic carbocycles. The molecule has 5 aromatic rings. The van der Waals surface area contributed by atoms with Crippen LogP contribution in [-0.2, 0) is 5.41 Å². The smallest absolute Gasteiger partial charge is 0.336 e. The minimum atomic E-state index is -1.00. The minimum Gasteiger partial charge on any atom is -0.478 e. The lowest BCUT2D eigenvalue weighted by Gasteiger charge is -2.20. The molecule has 5 rings (SSSR count). The van der Waals surface area contributed by atoms with E-state index in [-0.39, 0.29) is 21.4 Å². The van der Waals surface area contributed by atoms with Gasteiger partial charge in [0.25, 0.3) is 0 Å². The third kappa shape index (κ3) is 3.47. The number of hydrogen-bond donors (Lipinski definition) is 1. The molecule has 5 heteroatoms. The van der Waals surface area contributed by atoms with E-state index in [0.29, 0.717) is 27.5 Å². The first kappa shape index (κ1) is 21.2. The van der Waals surface area contributed by atoms with Gasteiger partial charge in [0.1, 0.15) is 11.2 Å². The van der Waals surface area contributed by atoms with E-state index < -0.39 is 5.97 Å². The predicted molar refractivity (Wildman–Crippen MR) is 134 cm³/mol. The monoisotopic (exact) mass is 456 g/mol. The summed E-state index contributed by atoms with van der Waals surface area (Å²) in [6.07, 6.45) is 0. The second-order valence-corrected chi connectivity index (χ2v) is 9.64. The van der Waals surface area contributed by atoms with Gasteiger partial charge in [-0.2, -0.15) is 0 Å². The van der Waals surface area contributed by atoms with Crippen LogP contribution in [0.5, 0.6) is 0 Å². The first-order chi connectivity index (χ1) is 15.6. The second kappa shape index (κ2) is 7.46. The molecule has 0 aliphatic carbocycles. The molecule has 0 spiro atoms. The molecule has 1 heterocycles. The van der Waals surface area contributed by atoms with Crippen LogP contribution in [0.4, 0.5) is 0 Å². The average molecular weight is 457 g/mol. The van der Waals surface area contributed by atoms with Crippen molar-refractivity contribution in [1.29, 1.82) is 0 Å². The summed E-state index contributed by atoms with van der Waals surface area (Å²) in [7, 11) is 0. The zero-order valence-corrected chi connectivity index (χ0v) is 19.2. The highest BCUT2D eigenvalue weighted by molar-refractivity contribution is 6.31. The zero-order valence-electron chi connectivity index (χ0n) is 18.4. The second-order valence-electron chi connectivity index (χ2n) is 9.23. The van der Waals surface area contributed by atoms with E-state index in [2.05, 4.69) is 26.8 Å². The van der Waals surface area contributed by atoms with Crippen LogP contribution in [0.2, 0.25) is 5.02 Å². The van der Waals surface area contributed by atoms with Crippen LogP contribution in [0.15, 0.2) is 75.9 Å². The van der Waals surface area contributed by atoms with E-state index in [4.69, 9.17) is 16.0 Å². The van der Waals surface area contributed by atoms with Gasteiger partial charge in [-0.3, -0.25) is 4.79 Å². The Hall–Kier alpha value is -3.63. The molecule has 1 N–H and O–H groups in total. The summed E-state index contributed by atoms with van der Waals surface area (Å²) in [4.78, 5) is 24.2. The predicted octanol–water partition coefficient (Wildman–Crippen LogP) is 7.42. The van der Waals surface area contributed by atoms with Crippen LogP contribution in [0, 0.1) is 0 Å². The Morgan fingerprint density at radius 3 is 2.36 bits per heavy atom. The van der Waals surface area contributed by atoms with Crippen LogP contribution in [0.3, 0.4) is 0 Å². The van der Waals surface area contributed by atoms with Crippen LogP contribution in [0.1, 0.15) is 36.7 Å². The fourth-order valence-electron chi connectivity index (χ4n) is 4.32. The maximum atomic E-state index is 12.1. The van der Waals surface area contributed by atoms with E-state index >= 15 is 0 Å². The lowest BCUT2D eigenvalue weighted by molar-refractivity contribution is 0.0697. The molecule has 0 aliphatic heterocycles. The van der Waals surface area contributed by atoms with Crippen molar-refractivity contribution in [2.24, 2.45) is 0 Å². The van der Waals surface area contributed by atoms with Crippen molar-refractivity contribution in [2.75, 3.05) is 0 Å². The fourth-order valence-corrected chi connectivity index (χ4v) is 4.48. The number of carboxylic acid groups (broad SMARTS) is 1. The van der Waals surface area contributed by atoms with Crippen molar-refractivity contribution in [2.45, 2.75) is 26.2 Å². The summed E-state index contributed by atoms with van der Waals surface area (Å²) in [5, 5.41) is 13.0. The molecule has 0 saturated carbocycles. The molecule has 164 valence electrons. The van der Waals surface area contributed by atoms with Gasteiger partial charge in [-0.05, 0) is 52.3 Å². The summed E-state index contributed by atoms with van der Waals surface area (Å²) >= 11 is 6.18. The largest absolute Gasteiger partial charge is 0.478 e. The minimum absolute atomic E-state index is 0.0999. The summed E-state index contributed by atoms with van der Waals surface area (Å²) < 4.78 is 6.44. The number of benzene rings is 4. The zero-order chi connectivity index (χ0) is 23.5. The summed E-state index contributed by atoms with van der Waals surface area (Å²) in [5.41, 5.74) is 3.52. The molecule has 0 aliphatic rings. The van der Waals surface area contributed by atoms with Crippen molar-refractivity contribution < 1.29 is 14.3 Å². The Morgan fingerprint density at radius 1 is 0.909 bits per heavy atom. The molecule has 0 saturated heterocycles. The van der Waals surface area contributed by atoms with Gasteiger partial charge in [-0.25, -0.2) is 4.79 Å². The normalized spacial score (nSPS) is 12.0. The van der Waals surface area contributed by atoms with Gasteiger partial charge in [0, 0.05) is 21.7 Å². The summed E-state index contributed by atoms with van der Waals surface area (Å²) in [5.74, 6) is -1.00. The molecule has 0 amide bonds. The molecular weight excluding hydrogens is 436 g/mol. The molecule has 0 bridgehead atoms. The maximum absolute atomic E-state index is 12.1. The molecule has 0 unspecified atom stereocenters. The van der Waals surface area contributed by atoms with Crippen LogP contribution >= 0.6 is 11.6 Å². The lowest BCUT2D eigenvalue weighted by Crippen LogP contribution is -2.10. The van der Waals surface area contributed by atoms with Crippen LogP contribution < -0.4 is 5.43 Å². The van der Waals surface area contributed by atoms with Gasteiger partial charge in [-0.1, -0.05) is 68.8 Å². The van der Waals surface area contributed by atoms with Gasteiger partial charge in [0.15, 0.2) is 5.43 Å². The van der Waals surface area contributed by atoms with Crippen LogP contribution in [-0.4, -0.2) is 11.1 Å². The van der Waals surface area contributed by atoms with Crippen molar-refractivity contribution in [3.8, 4) is 11.1 Å². The quantitative estimate of drug-likeness (QED) is 0.222. The van der Waals surface area contributed by atoms with E-state index in [1.54, 1.807) is 18.2 Å². The van der Waals surface area contributed by atoms with E-state index in [1.807, 2.05) is 36.4 Å². The molecule has 1 aromatic heterocycles.